The van der Waals surface area contributed by atoms with Crippen LogP contribution in [0.1, 0.15) is 36.8 Å². The van der Waals surface area contributed by atoms with Crippen LogP contribution in [-0.4, -0.2) is 11.2 Å². The van der Waals surface area contributed by atoms with Gasteiger partial charge in [-0.25, -0.2) is 4.39 Å². The lowest BCUT2D eigenvalue weighted by atomic mass is 9.99. The van der Waals surface area contributed by atoms with Gasteiger partial charge < -0.3 is 5.11 Å². The largest absolute Gasteiger partial charge is 0.389 e. The standard InChI is InChI=1S/C14H17FO/c1-10-6-7-14(15)13(8-10)11-4-2-3-5-12(16)9-11/h6-9,12,16H,2-5H2,1H3. The van der Waals surface area contributed by atoms with Crippen LogP contribution in [-0.2, 0) is 0 Å². The lowest BCUT2D eigenvalue weighted by Gasteiger charge is -2.09. The smallest absolute Gasteiger partial charge is 0.130 e. The van der Waals surface area contributed by atoms with E-state index in [1.165, 1.54) is 6.07 Å². The molecule has 0 bridgehead atoms. The van der Waals surface area contributed by atoms with Gasteiger partial charge in [0, 0.05) is 5.56 Å². The van der Waals surface area contributed by atoms with Gasteiger partial charge in [-0.1, -0.05) is 24.1 Å². The molecule has 1 aliphatic carbocycles. The summed E-state index contributed by atoms with van der Waals surface area (Å²) in [6.45, 7) is 1.95. The Balaban J connectivity index is 2.38. The Hall–Kier alpha value is -1.15. The molecule has 1 N–H and O–H groups in total. The minimum atomic E-state index is -0.419. The van der Waals surface area contributed by atoms with Gasteiger partial charge in [-0.15, -0.1) is 0 Å². The highest BCUT2D eigenvalue weighted by atomic mass is 19.1. The van der Waals surface area contributed by atoms with Gasteiger partial charge in [-0.2, -0.15) is 0 Å². The third-order valence-electron chi connectivity index (χ3n) is 3.06. The van der Waals surface area contributed by atoms with Crippen LogP contribution in [0.2, 0.25) is 0 Å². The van der Waals surface area contributed by atoms with E-state index < -0.39 is 6.10 Å². The van der Waals surface area contributed by atoms with Crippen molar-refractivity contribution in [2.45, 2.75) is 38.7 Å². The summed E-state index contributed by atoms with van der Waals surface area (Å²) in [6, 6.07) is 5.13. The number of benzene rings is 1. The average Bonchev–Trinajstić information content (AvgIpc) is 2.46. The summed E-state index contributed by atoms with van der Waals surface area (Å²) >= 11 is 0. The first-order valence-corrected chi connectivity index (χ1v) is 5.82. The Morgan fingerprint density at radius 2 is 2.12 bits per heavy atom. The molecular formula is C14H17FO. The van der Waals surface area contributed by atoms with Crippen LogP contribution in [0.15, 0.2) is 24.3 Å². The fourth-order valence-corrected chi connectivity index (χ4v) is 2.18. The van der Waals surface area contributed by atoms with Crippen molar-refractivity contribution in [3.8, 4) is 0 Å². The molecule has 1 aromatic carbocycles. The van der Waals surface area contributed by atoms with E-state index in [2.05, 4.69) is 0 Å². The molecule has 1 aromatic rings. The molecular weight excluding hydrogens is 203 g/mol. The zero-order chi connectivity index (χ0) is 11.5. The van der Waals surface area contributed by atoms with E-state index in [1.54, 1.807) is 6.07 Å². The summed E-state index contributed by atoms with van der Waals surface area (Å²) in [4.78, 5) is 0. The van der Waals surface area contributed by atoms with E-state index in [0.717, 1.165) is 36.8 Å². The molecule has 0 radical (unpaired) electrons. The van der Waals surface area contributed by atoms with Crippen molar-refractivity contribution in [2.24, 2.45) is 0 Å². The van der Waals surface area contributed by atoms with E-state index in [9.17, 15) is 9.50 Å². The van der Waals surface area contributed by atoms with Gasteiger partial charge in [0.1, 0.15) is 5.82 Å². The summed E-state index contributed by atoms with van der Waals surface area (Å²) in [7, 11) is 0. The SMILES string of the molecule is Cc1ccc(F)c(C2=CC(O)CCCC2)c1. The average molecular weight is 220 g/mol. The Bertz CT molecular complexity index is 409. The van der Waals surface area contributed by atoms with Crippen molar-refractivity contribution in [3.05, 3.63) is 41.2 Å². The van der Waals surface area contributed by atoms with Gasteiger partial charge in [-0.05, 0) is 43.9 Å². The Morgan fingerprint density at radius 1 is 1.31 bits per heavy atom. The molecule has 0 spiro atoms. The monoisotopic (exact) mass is 220 g/mol. The molecule has 0 saturated heterocycles. The van der Waals surface area contributed by atoms with E-state index in [1.807, 2.05) is 19.1 Å². The van der Waals surface area contributed by atoms with E-state index >= 15 is 0 Å². The van der Waals surface area contributed by atoms with Crippen LogP contribution < -0.4 is 0 Å². The zero-order valence-corrected chi connectivity index (χ0v) is 9.54. The summed E-state index contributed by atoms with van der Waals surface area (Å²) in [5.41, 5.74) is 2.66. The fourth-order valence-electron chi connectivity index (χ4n) is 2.18. The summed E-state index contributed by atoms with van der Waals surface area (Å²) in [5.74, 6) is -0.189. The topological polar surface area (TPSA) is 20.2 Å². The number of halogens is 1. The van der Waals surface area contributed by atoms with Crippen molar-refractivity contribution in [2.75, 3.05) is 0 Å². The van der Waals surface area contributed by atoms with Gasteiger partial charge in [0.15, 0.2) is 0 Å². The molecule has 0 fully saturated rings. The third-order valence-corrected chi connectivity index (χ3v) is 3.06. The van der Waals surface area contributed by atoms with E-state index in [4.69, 9.17) is 0 Å². The quantitative estimate of drug-likeness (QED) is 0.768. The zero-order valence-electron chi connectivity index (χ0n) is 9.54. The van der Waals surface area contributed by atoms with Crippen molar-refractivity contribution < 1.29 is 9.50 Å². The highest BCUT2D eigenvalue weighted by Crippen LogP contribution is 2.28. The molecule has 1 unspecified atom stereocenters. The van der Waals surface area contributed by atoms with Crippen LogP contribution in [0.5, 0.6) is 0 Å². The molecule has 1 atom stereocenters. The number of hydrogen-bond acceptors (Lipinski definition) is 1. The van der Waals surface area contributed by atoms with E-state index in [0.29, 0.717) is 5.56 Å². The Kier molecular flexibility index (Phi) is 3.39. The van der Waals surface area contributed by atoms with Crippen LogP contribution in [0.3, 0.4) is 0 Å². The van der Waals surface area contributed by atoms with Gasteiger partial charge >= 0.3 is 0 Å². The Labute approximate surface area is 95.6 Å². The van der Waals surface area contributed by atoms with Gasteiger partial charge in [0.05, 0.1) is 6.10 Å². The number of rotatable bonds is 1. The second-order valence-corrected chi connectivity index (χ2v) is 4.49. The second-order valence-electron chi connectivity index (χ2n) is 4.49. The van der Waals surface area contributed by atoms with Crippen LogP contribution in [0.25, 0.3) is 5.57 Å². The first-order valence-electron chi connectivity index (χ1n) is 5.82. The molecule has 0 heterocycles. The lowest BCUT2D eigenvalue weighted by molar-refractivity contribution is 0.211. The predicted molar refractivity (Wildman–Crippen MR) is 63.6 cm³/mol. The van der Waals surface area contributed by atoms with Gasteiger partial charge in [-0.3, -0.25) is 0 Å². The van der Waals surface area contributed by atoms with E-state index in [-0.39, 0.29) is 5.82 Å². The molecule has 0 aliphatic heterocycles. The minimum absolute atomic E-state index is 0.189. The molecule has 1 aliphatic rings. The molecule has 2 rings (SSSR count). The van der Waals surface area contributed by atoms with Crippen molar-refractivity contribution in [1.82, 2.24) is 0 Å². The van der Waals surface area contributed by atoms with Crippen molar-refractivity contribution >= 4 is 5.57 Å². The minimum Gasteiger partial charge on any atom is -0.389 e. The highest BCUT2D eigenvalue weighted by Gasteiger charge is 2.13. The van der Waals surface area contributed by atoms with Crippen LogP contribution in [0, 0.1) is 12.7 Å². The van der Waals surface area contributed by atoms with Crippen molar-refractivity contribution in [1.29, 1.82) is 0 Å². The molecule has 1 nitrogen and oxygen atoms in total. The number of aryl methyl sites for hydroxylation is 1. The van der Waals surface area contributed by atoms with Crippen LogP contribution in [0.4, 0.5) is 4.39 Å². The summed E-state index contributed by atoms with van der Waals surface area (Å²) in [5, 5.41) is 9.68. The number of allylic oxidation sites excluding steroid dienone is 1. The first kappa shape index (κ1) is 11.3. The molecule has 16 heavy (non-hydrogen) atoms. The number of aliphatic hydroxyl groups is 1. The lowest BCUT2D eigenvalue weighted by Crippen LogP contribution is -2.00. The maximum absolute atomic E-state index is 13.7. The molecule has 0 amide bonds. The number of aliphatic hydroxyl groups excluding tert-OH is 1. The predicted octanol–water partition coefficient (Wildman–Crippen LogP) is 3.45. The Morgan fingerprint density at radius 3 is 2.94 bits per heavy atom. The van der Waals surface area contributed by atoms with Gasteiger partial charge in [0.2, 0.25) is 0 Å². The summed E-state index contributed by atoms with van der Waals surface area (Å²) < 4.78 is 13.7. The maximum atomic E-state index is 13.7. The third kappa shape index (κ3) is 2.50. The van der Waals surface area contributed by atoms with Gasteiger partial charge in [0.25, 0.3) is 0 Å². The highest BCUT2D eigenvalue weighted by molar-refractivity contribution is 5.67. The molecule has 86 valence electrons. The first-order chi connectivity index (χ1) is 7.66. The molecule has 2 heteroatoms. The number of hydrogen-bond donors (Lipinski definition) is 1. The molecule has 0 saturated carbocycles. The van der Waals surface area contributed by atoms with Crippen LogP contribution >= 0.6 is 0 Å². The normalized spacial score (nSPS) is 21.4. The van der Waals surface area contributed by atoms with Crippen molar-refractivity contribution in [3.63, 3.8) is 0 Å². The fraction of sp³-hybridized carbons (Fsp3) is 0.429. The maximum Gasteiger partial charge on any atom is 0.130 e. The molecule has 0 aromatic heterocycles. The summed E-state index contributed by atoms with van der Waals surface area (Å²) in [6.07, 6.45) is 5.07. The second kappa shape index (κ2) is 4.79.